The number of nitrogens with one attached hydrogen (secondary N) is 1. The molecular formula is C30H37ClF3N5O5. The summed E-state index contributed by atoms with van der Waals surface area (Å²) >= 11 is 5.90. The van der Waals surface area contributed by atoms with Crippen LogP contribution in [0.5, 0.6) is 0 Å². The van der Waals surface area contributed by atoms with E-state index < -0.39 is 46.5 Å². The van der Waals surface area contributed by atoms with E-state index in [4.69, 9.17) is 16.3 Å². The highest BCUT2D eigenvalue weighted by Crippen LogP contribution is 2.40. The molecule has 2 aliphatic rings. The van der Waals surface area contributed by atoms with Crippen LogP contribution in [0.1, 0.15) is 69.7 Å². The monoisotopic (exact) mass is 639 g/mol. The van der Waals surface area contributed by atoms with Crippen LogP contribution < -0.4 is 10.2 Å². The SMILES string of the molecule is CC(C)(C)OC(=O)N1CCC(F)(F)C(CCCC2(F)CCN(c3cc([N+](=O)[O-])ccc3C(=O)Nc3cccc(Cl)n3)CC2)C1. The molecule has 0 spiro atoms. The molecule has 0 saturated carbocycles. The lowest BCUT2D eigenvalue weighted by Crippen LogP contribution is -2.50. The summed E-state index contributed by atoms with van der Waals surface area (Å²) in [5, 5.41) is 14.3. The average Bonchev–Trinajstić information content (AvgIpc) is 2.93. The van der Waals surface area contributed by atoms with E-state index >= 15 is 4.39 Å². The molecule has 2 saturated heterocycles. The molecule has 1 atom stereocenters. The van der Waals surface area contributed by atoms with Gasteiger partial charge in [0, 0.05) is 50.7 Å². The van der Waals surface area contributed by atoms with Crippen molar-refractivity contribution in [2.24, 2.45) is 5.92 Å². The van der Waals surface area contributed by atoms with Crippen LogP contribution >= 0.6 is 11.6 Å². The fourth-order valence-corrected chi connectivity index (χ4v) is 5.75. The van der Waals surface area contributed by atoms with Gasteiger partial charge in [0.1, 0.15) is 22.2 Å². The Morgan fingerprint density at radius 3 is 2.48 bits per heavy atom. The molecule has 0 radical (unpaired) electrons. The lowest BCUT2D eigenvalue weighted by Gasteiger charge is -2.40. The molecule has 44 heavy (non-hydrogen) atoms. The third-order valence-electron chi connectivity index (χ3n) is 7.98. The first-order chi connectivity index (χ1) is 20.6. The molecular weight excluding hydrogens is 603 g/mol. The van der Waals surface area contributed by atoms with Gasteiger partial charge in [-0.15, -0.1) is 0 Å². The van der Waals surface area contributed by atoms with Crippen LogP contribution in [0.4, 0.5) is 35.2 Å². The second-order valence-corrected chi connectivity index (χ2v) is 12.8. The van der Waals surface area contributed by atoms with Gasteiger partial charge >= 0.3 is 6.09 Å². The predicted octanol–water partition coefficient (Wildman–Crippen LogP) is 7.27. The van der Waals surface area contributed by atoms with Crippen LogP contribution in [0, 0.1) is 16.0 Å². The number of ether oxygens (including phenoxy) is 1. The Labute approximate surface area is 259 Å². The number of aromatic nitrogens is 1. The summed E-state index contributed by atoms with van der Waals surface area (Å²) in [4.78, 5) is 43.5. The molecule has 2 amide bonds. The van der Waals surface area contributed by atoms with Crippen LogP contribution in [0.3, 0.4) is 0 Å². The van der Waals surface area contributed by atoms with Crippen molar-refractivity contribution in [3.05, 3.63) is 57.2 Å². The van der Waals surface area contributed by atoms with Crippen molar-refractivity contribution in [3.8, 4) is 0 Å². The lowest BCUT2D eigenvalue weighted by molar-refractivity contribution is -0.384. The number of benzene rings is 1. The second kappa shape index (κ2) is 13.2. The van der Waals surface area contributed by atoms with E-state index in [0.717, 1.165) is 0 Å². The van der Waals surface area contributed by atoms with E-state index in [9.17, 15) is 28.5 Å². The van der Waals surface area contributed by atoms with Crippen molar-refractivity contribution in [3.63, 3.8) is 0 Å². The van der Waals surface area contributed by atoms with Crippen molar-refractivity contribution in [1.29, 1.82) is 0 Å². The van der Waals surface area contributed by atoms with Gasteiger partial charge in [0.15, 0.2) is 0 Å². The van der Waals surface area contributed by atoms with Crippen LogP contribution in [0.2, 0.25) is 5.15 Å². The Morgan fingerprint density at radius 2 is 1.84 bits per heavy atom. The van der Waals surface area contributed by atoms with E-state index in [2.05, 4.69) is 10.3 Å². The molecule has 0 aliphatic carbocycles. The number of hydrogen-bond acceptors (Lipinski definition) is 7. The summed E-state index contributed by atoms with van der Waals surface area (Å²) in [6.45, 7) is 5.20. The summed E-state index contributed by atoms with van der Waals surface area (Å²) in [5.41, 5.74) is -2.16. The summed E-state index contributed by atoms with van der Waals surface area (Å²) < 4.78 is 50.7. The summed E-state index contributed by atoms with van der Waals surface area (Å²) in [5.74, 6) is -4.43. The van der Waals surface area contributed by atoms with Gasteiger partial charge in [0.2, 0.25) is 0 Å². The third kappa shape index (κ3) is 8.52. The van der Waals surface area contributed by atoms with Gasteiger partial charge in [-0.1, -0.05) is 17.7 Å². The Kier molecular flexibility index (Phi) is 9.96. The van der Waals surface area contributed by atoms with Gasteiger partial charge in [-0.2, -0.15) is 0 Å². The molecule has 240 valence electrons. The predicted molar refractivity (Wildman–Crippen MR) is 160 cm³/mol. The van der Waals surface area contributed by atoms with Crippen LogP contribution in [-0.2, 0) is 4.74 Å². The molecule has 2 fully saturated rings. The minimum Gasteiger partial charge on any atom is -0.444 e. The Morgan fingerprint density at radius 1 is 1.14 bits per heavy atom. The number of rotatable bonds is 8. The number of likely N-dealkylation sites (tertiary alicyclic amines) is 1. The van der Waals surface area contributed by atoms with E-state index in [0.29, 0.717) is 0 Å². The van der Waals surface area contributed by atoms with E-state index in [1.165, 1.54) is 23.1 Å². The number of carbonyl (C=O) groups excluding carboxylic acids is 2. The van der Waals surface area contributed by atoms with Gasteiger partial charge in [-0.25, -0.2) is 22.9 Å². The minimum absolute atomic E-state index is 0.0500. The minimum atomic E-state index is -2.97. The fraction of sp³-hybridized carbons (Fsp3) is 0.567. The first-order valence-electron chi connectivity index (χ1n) is 14.6. The number of nitro benzene ring substituents is 1. The molecule has 2 aromatic rings. The number of amides is 2. The first-order valence-corrected chi connectivity index (χ1v) is 14.9. The normalized spacial score (nSPS) is 19.8. The Bertz CT molecular complexity index is 1380. The highest BCUT2D eigenvalue weighted by Gasteiger charge is 2.46. The van der Waals surface area contributed by atoms with Crippen molar-refractivity contribution < 1.29 is 32.4 Å². The van der Waals surface area contributed by atoms with E-state index in [-0.39, 0.29) is 86.2 Å². The number of alkyl halides is 3. The zero-order valence-electron chi connectivity index (χ0n) is 25.0. The first kappa shape index (κ1) is 33.3. The zero-order chi connectivity index (χ0) is 32.3. The zero-order valence-corrected chi connectivity index (χ0v) is 25.7. The fourth-order valence-electron chi connectivity index (χ4n) is 5.59. The van der Waals surface area contributed by atoms with Crippen molar-refractivity contribution in [1.82, 2.24) is 9.88 Å². The Hall–Kier alpha value is -3.61. The topological polar surface area (TPSA) is 118 Å². The van der Waals surface area contributed by atoms with Gasteiger partial charge < -0.3 is 19.9 Å². The molecule has 3 heterocycles. The summed E-state index contributed by atoms with van der Waals surface area (Å²) in [6, 6.07) is 8.55. The number of carbonyl (C=O) groups is 2. The molecule has 2 aliphatic heterocycles. The molecule has 0 bridgehead atoms. The molecule has 1 aromatic heterocycles. The number of non-ortho nitro benzene ring substituents is 1. The molecule has 14 heteroatoms. The van der Waals surface area contributed by atoms with Gasteiger partial charge in [-0.3, -0.25) is 14.9 Å². The highest BCUT2D eigenvalue weighted by atomic mass is 35.5. The number of nitro groups is 1. The van der Waals surface area contributed by atoms with E-state index in [1.807, 2.05) is 0 Å². The van der Waals surface area contributed by atoms with Crippen molar-refractivity contribution in [2.45, 2.75) is 76.5 Å². The second-order valence-electron chi connectivity index (χ2n) is 12.4. The Balaban J connectivity index is 1.38. The maximum absolute atomic E-state index is 15.9. The van der Waals surface area contributed by atoms with Crippen LogP contribution in [-0.4, -0.2) is 70.2 Å². The van der Waals surface area contributed by atoms with E-state index in [1.54, 1.807) is 43.9 Å². The van der Waals surface area contributed by atoms with Crippen molar-refractivity contribution >= 4 is 40.8 Å². The molecule has 10 nitrogen and oxygen atoms in total. The number of anilines is 2. The quantitative estimate of drug-likeness (QED) is 0.183. The summed E-state index contributed by atoms with van der Waals surface area (Å²) in [7, 11) is 0. The molecule has 1 aromatic carbocycles. The molecule has 1 unspecified atom stereocenters. The number of nitrogens with zero attached hydrogens (tertiary/aromatic N) is 4. The maximum Gasteiger partial charge on any atom is 0.410 e. The average molecular weight is 640 g/mol. The smallest absolute Gasteiger partial charge is 0.410 e. The van der Waals surface area contributed by atoms with Gasteiger partial charge in [-0.05, 0) is 71.1 Å². The highest BCUT2D eigenvalue weighted by molar-refractivity contribution is 6.29. The largest absolute Gasteiger partial charge is 0.444 e. The number of pyridine rings is 1. The number of halogens is 4. The maximum atomic E-state index is 15.9. The van der Waals surface area contributed by atoms with Gasteiger partial charge in [0.05, 0.1) is 16.2 Å². The van der Waals surface area contributed by atoms with Crippen molar-refractivity contribution in [2.75, 3.05) is 36.4 Å². The number of piperidine rings is 2. The van der Waals surface area contributed by atoms with Crippen LogP contribution in [0.15, 0.2) is 36.4 Å². The lowest BCUT2D eigenvalue weighted by atomic mass is 9.84. The number of hydrogen-bond donors (Lipinski definition) is 1. The summed E-state index contributed by atoms with van der Waals surface area (Å²) in [6.07, 6.45) is -0.688. The van der Waals surface area contributed by atoms with Crippen LogP contribution in [0.25, 0.3) is 0 Å². The third-order valence-corrected chi connectivity index (χ3v) is 8.19. The molecule has 1 N–H and O–H groups in total. The van der Waals surface area contributed by atoms with Gasteiger partial charge in [0.25, 0.3) is 17.5 Å². The molecule has 4 rings (SSSR count). The standard InChI is InChI=1S/C30H37ClF3N5O5/c1-28(2,3)44-27(41)38-17-14-30(33,34)20(19-38)6-5-11-29(32)12-15-37(16-13-29)23-18-21(39(42)43)9-10-22(23)26(40)36-25-8-4-7-24(31)35-25/h4,7-10,18,20H,5-6,11-17,19H2,1-3H3,(H,35,36,40).